The summed E-state index contributed by atoms with van der Waals surface area (Å²) in [5, 5.41) is 0. The van der Waals surface area contributed by atoms with Crippen LogP contribution in [0, 0.1) is 0 Å². The van der Waals surface area contributed by atoms with E-state index in [1.807, 2.05) is 18.2 Å². The highest BCUT2D eigenvalue weighted by Crippen LogP contribution is 2.36. The molecular formula is C17H20Cl2N2O4S2. The maximum Gasteiger partial charge on any atom is 0.245 e. The molecule has 10 heteroatoms. The van der Waals surface area contributed by atoms with Gasteiger partial charge in [0.25, 0.3) is 0 Å². The number of ether oxygens (including phenoxy) is 2. The molecule has 27 heavy (non-hydrogen) atoms. The minimum Gasteiger partial charge on any atom is -0.497 e. The second-order valence-electron chi connectivity index (χ2n) is 6.05. The number of hydrogen-bond donors (Lipinski definition) is 0. The van der Waals surface area contributed by atoms with Crippen LogP contribution in [-0.2, 0) is 16.6 Å². The molecule has 1 saturated heterocycles. The quantitative estimate of drug-likeness (QED) is 0.672. The molecule has 1 aromatic heterocycles. The van der Waals surface area contributed by atoms with Crippen molar-refractivity contribution >= 4 is 44.6 Å². The Morgan fingerprint density at radius 1 is 1.07 bits per heavy atom. The van der Waals surface area contributed by atoms with Gasteiger partial charge in [0, 0.05) is 38.3 Å². The first-order valence-corrected chi connectivity index (χ1v) is 11.2. The van der Waals surface area contributed by atoms with E-state index in [0.717, 1.165) is 28.4 Å². The Bertz CT molecular complexity index is 910. The zero-order valence-corrected chi connectivity index (χ0v) is 18.1. The van der Waals surface area contributed by atoms with Crippen LogP contribution < -0.4 is 9.47 Å². The first kappa shape index (κ1) is 20.7. The van der Waals surface area contributed by atoms with Gasteiger partial charge in [-0.25, -0.2) is 8.42 Å². The third-order valence-corrected chi connectivity index (χ3v) is 8.11. The van der Waals surface area contributed by atoms with E-state index < -0.39 is 10.0 Å². The van der Waals surface area contributed by atoms with Crippen molar-refractivity contribution in [2.45, 2.75) is 11.4 Å². The van der Waals surface area contributed by atoms with Gasteiger partial charge in [-0.05, 0) is 24.3 Å². The lowest BCUT2D eigenvalue weighted by Gasteiger charge is -2.34. The highest BCUT2D eigenvalue weighted by molar-refractivity contribution is 7.89. The van der Waals surface area contributed by atoms with Crippen molar-refractivity contribution in [1.82, 2.24) is 9.21 Å². The number of thiophene rings is 1. The number of hydrogen-bond acceptors (Lipinski definition) is 6. The lowest BCUT2D eigenvalue weighted by atomic mass is 10.1. The van der Waals surface area contributed by atoms with E-state index in [-0.39, 0.29) is 9.23 Å². The summed E-state index contributed by atoms with van der Waals surface area (Å²) in [5.41, 5.74) is 1.00. The van der Waals surface area contributed by atoms with Crippen molar-refractivity contribution in [3.05, 3.63) is 38.5 Å². The van der Waals surface area contributed by atoms with E-state index in [2.05, 4.69) is 4.90 Å². The van der Waals surface area contributed by atoms with E-state index in [0.29, 0.717) is 37.1 Å². The Morgan fingerprint density at radius 3 is 2.33 bits per heavy atom. The molecule has 1 aliphatic rings. The van der Waals surface area contributed by atoms with E-state index in [1.54, 1.807) is 14.2 Å². The predicted molar refractivity (Wildman–Crippen MR) is 108 cm³/mol. The molecule has 2 heterocycles. The van der Waals surface area contributed by atoms with Crippen molar-refractivity contribution in [3.63, 3.8) is 0 Å². The van der Waals surface area contributed by atoms with Gasteiger partial charge < -0.3 is 9.47 Å². The smallest absolute Gasteiger partial charge is 0.245 e. The molecule has 0 radical (unpaired) electrons. The highest BCUT2D eigenvalue weighted by Gasteiger charge is 2.31. The van der Waals surface area contributed by atoms with E-state index in [9.17, 15) is 8.42 Å². The van der Waals surface area contributed by atoms with Crippen LogP contribution in [0.25, 0.3) is 0 Å². The molecule has 1 fully saturated rings. The Morgan fingerprint density at radius 2 is 1.78 bits per heavy atom. The summed E-state index contributed by atoms with van der Waals surface area (Å²) >= 11 is 13.0. The second-order valence-corrected chi connectivity index (χ2v) is 10.2. The lowest BCUT2D eigenvalue weighted by molar-refractivity contribution is 0.180. The molecule has 3 rings (SSSR count). The van der Waals surface area contributed by atoms with Gasteiger partial charge in [-0.1, -0.05) is 23.2 Å². The molecule has 2 aromatic rings. The second kappa shape index (κ2) is 8.55. The van der Waals surface area contributed by atoms with E-state index in [1.165, 1.54) is 10.4 Å². The topological polar surface area (TPSA) is 59.1 Å². The molecular weight excluding hydrogens is 431 g/mol. The summed E-state index contributed by atoms with van der Waals surface area (Å²) in [6, 6.07) is 7.08. The van der Waals surface area contributed by atoms with Crippen molar-refractivity contribution in [2.24, 2.45) is 0 Å². The first-order chi connectivity index (χ1) is 12.8. The molecule has 0 amide bonds. The van der Waals surface area contributed by atoms with Gasteiger partial charge in [0.1, 0.15) is 20.7 Å². The molecule has 1 aromatic carbocycles. The van der Waals surface area contributed by atoms with Crippen molar-refractivity contribution in [1.29, 1.82) is 0 Å². The van der Waals surface area contributed by atoms with Gasteiger partial charge >= 0.3 is 0 Å². The molecule has 0 bridgehead atoms. The molecule has 0 saturated carbocycles. The van der Waals surface area contributed by atoms with E-state index in [4.69, 9.17) is 32.7 Å². The number of methoxy groups -OCH3 is 2. The number of sulfonamides is 1. The average Bonchev–Trinajstić information content (AvgIpc) is 3.01. The molecule has 1 aliphatic heterocycles. The fraction of sp³-hybridized carbons (Fsp3) is 0.412. The fourth-order valence-corrected chi connectivity index (χ4v) is 6.55. The van der Waals surface area contributed by atoms with Gasteiger partial charge in [0.2, 0.25) is 10.0 Å². The largest absolute Gasteiger partial charge is 0.497 e. The molecule has 0 N–H and O–H groups in total. The summed E-state index contributed by atoms with van der Waals surface area (Å²) in [6.07, 6.45) is 0. The standard InChI is InChI=1S/C17H20Cl2N2O4S2/c1-24-13-3-4-14(25-2)12(9-13)11-20-5-7-21(8-6-20)27(22,23)15-10-16(18)26-17(15)19/h3-4,9-10H,5-8,11H2,1-2H3. The van der Waals surface area contributed by atoms with Gasteiger partial charge in [-0.2, -0.15) is 4.31 Å². The van der Waals surface area contributed by atoms with Crippen LogP contribution in [0.15, 0.2) is 29.2 Å². The molecule has 0 atom stereocenters. The third-order valence-electron chi connectivity index (χ3n) is 4.46. The predicted octanol–water partition coefficient (Wildman–Crippen LogP) is 3.58. The van der Waals surface area contributed by atoms with Crippen molar-refractivity contribution in [3.8, 4) is 11.5 Å². The van der Waals surface area contributed by atoms with Gasteiger partial charge in [0.15, 0.2) is 0 Å². The molecule has 148 valence electrons. The Balaban J connectivity index is 1.68. The zero-order chi connectivity index (χ0) is 19.6. The van der Waals surface area contributed by atoms with Crippen LogP contribution in [0.1, 0.15) is 5.56 Å². The number of rotatable bonds is 6. The van der Waals surface area contributed by atoms with Crippen molar-refractivity contribution in [2.75, 3.05) is 40.4 Å². The number of halogens is 2. The minimum atomic E-state index is -3.64. The normalized spacial score (nSPS) is 16.4. The maximum atomic E-state index is 12.8. The summed E-state index contributed by atoms with van der Waals surface area (Å²) in [4.78, 5) is 2.27. The SMILES string of the molecule is COc1ccc(OC)c(CN2CCN(S(=O)(=O)c3cc(Cl)sc3Cl)CC2)c1. The van der Waals surface area contributed by atoms with Crippen molar-refractivity contribution < 1.29 is 17.9 Å². The number of nitrogens with zero attached hydrogens (tertiary/aromatic N) is 2. The van der Waals surface area contributed by atoms with Crippen LogP contribution in [0.4, 0.5) is 0 Å². The maximum absolute atomic E-state index is 12.8. The van der Waals surface area contributed by atoms with Gasteiger partial charge in [-0.15, -0.1) is 11.3 Å². The van der Waals surface area contributed by atoms with Crippen LogP contribution >= 0.6 is 34.5 Å². The third kappa shape index (κ3) is 4.52. The van der Waals surface area contributed by atoms with Crippen LogP contribution in [0.2, 0.25) is 8.67 Å². The monoisotopic (exact) mass is 450 g/mol. The average molecular weight is 451 g/mol. The number of piperazine rings is 1. The van der Waals surface area contributed by atoms with Crippen LogP contribution in [-0.4, -0.2) is 58.0 Å². The summed E-state index contributed by atoms with van der Waals surface area (Å²) in [6.45, 7) is 2.64. The summed E-state index contributed by atoms with van der Waals surface area (Å²) in [7, 11) is -0.383. The van der Waals surface area contributed by atoms with Gasteiger partial charge in [0.05, 0.1) is 18.6 Å². The van der Waals surface area contributed by atoms with E-state index >= 15 is 0 Å². The molecule has 0 spiro atoms. The Kier molecular flexibility index (Phi) is 6.55. The minimum absolute atomic E-state index is 0.0853. The first-order valence-electron chi connectivity index (χ1n) is 8.23. The van der Waals surface area contributed by atoms with Crippen LogP contribution in [0.5, 0.6) is 11.5 Å². The Labute approximate surface area is 173 Å². The molecule has 0 unspecified atom stereocenters. The number of benzene rings is 1. The summed E-state index contributed by atoms with van der Waals surface area (Å²) in [5.74, 6) is 1.54. The van der Waals surface area contributed by atoms with Gasteiger partial charge in [-0.3, -0.25) is 4.90 Å². The molecule has 0 aliphatic carbocycles. The zero-order valence-electron chi connectivity index (χ0n) is 14.9. The van der Waals surface area contributed by atoms with Crippen LogP contribution in [0.3, 0.4) is 0 Å². The Hall–Kier alpha value is -1.03. The fourth-order valence-electron chi connectivity index (χ4n) is 3.01. The highest BCUT2D eigenvalue weighted by atomic mass is 35.5. The summed E-state index contributed by atoms with van der Waals surface area (Å²) < 4.78 is 38.3. The lowest BCUT2D eigenvalue weighted by Crippen LogP contribution is -2.48. The molecule has 6 nitrogen and oxygen atoms in total.